The first-order valence-electron chi connectivity index (χ1n) is 6.89. The van der Waals surface area contributed by atoms with Gasteiger partial charge in [-0.15, -0.1) is 10.2 Å². The van der Waals surface area contributed by atoms with Gasteiger partial charge in [-0.3, -0.25) is 4.79 Å². The highest BCUT2D eigenvalue weighted by atomic mass is 32.2. The van der Waals surface area contributed by atoms with Gasteiger partial charge >= 0.3 is 0 Å². The van der Waals surface area contributed by atoms with Gasteiger partial charge in [-0.25, -0.2) is 13.1 Å². The topological polar surface area (TPSA) is 101 Å². The van der Waals surface area contributed by atoms with Crippen molar-refractivity contribution in [3.8, 4) is 0 Å². The predicted octanol–water partition coefficient (Wildman–Crippen LogP) is 1.14. The molecule has 1 aromatic rings. The summed E-state index contributed by atoms with van der Waals surface area (Å²) in [7, 11) is -3.13. The molecule has 2 rings (SSSR count). The van der Waals surface area contributed by atoms with E-state index in [2.05, 4.69) is 20.2 Å². The molecule has 21 heavy (non-hydrogen) atoms. The smallest absolute Gasteiger partial charge is 0.229 e. The average molecular weight is 332 g/mol. The molecule has 0 unspecified atom stereocenters. The summed E-state index contributed by atoms with van der Waals surface area (Å²) in [6.07, 6.45) is 4.43. The van der Waals surface area contributed by atoms with Crippen molar-refractivity contribution < 1.29 is 13.2 Å². The van der Waals surface area contributed by atoms with E-state index in [0.717, 1.165) is 36.9 Å². The van der Waals surface area contributed by atoms with Crippen LogP contribution in [0.5, 0.6) is 0 Å². The molecule has 0 saturated heterocycles. The zero-order valence-electron chi connectivity index (χ0n) is 12.1. The van der Waals surface area contributed by atoms with Crippen LogP contribution < -0.4 is 10.0 Å². The van der Waals surface area contributed by atoms with Gasteiger partial charge in [-0.1, -0.05) is 11.3 Å². The molecule has 1 saturated carbocycles. The Hall–Kier alpha value is -1.06. The molecule has 118 valence electrons. The van der Waals surface area contributed by atoms with E-state index in [-0.39, 0.29) is 11.8 Å². The number of aromatic nitrogens is 2. The Balaban J connectivity index is 1.76. The van der Waals surface area contributed by atoms with Crippen molar-refractivity contribution in [1.82, 2.24) is 14.9 Å². The van der Waals surface area contributed by atoms with Crippen LogP contribution in [0.2, 0.25) is 0 Å². The quantitative estimate of drug-likeness (QED) is 0.842. The maximum atomic E-state index is 12.1. The van der Waals surface area contributed by atoms with Crippen molar-refractivity contribution in [2.75, 3.05) is 18.1 Å². The summed E-state index contributed by atoms with van der Waals surface area (Å²) < 4.78 is 24.7. The zero-order valence-corrected chi connectivity index (χ0v) is 13.8. The van der Waals surface area contributed by atoms with Gasteiger partial charge in [0.1, 0.15) is 5.01 Å². The zero-order chi connectivity index (χ0) is 15.5. The van der Waals surface area contributed by atoms with E-state index in [0.29, 0.717) is 17.6 Å². The molecule has 1 aliphatic rings. The Bertz CT molecular complexity index is 591. The van der Waals surface area contributed by atoms with E-state index >= 15 is 0 Å². The Kier molecular flexibility index (Phi) is 5.28. The first-order valence-corrected chi connectivity index (χ1v) is 9.60. The van der Waals surface area contributed by atoms with Crippen LogP contribution in [0.25, 0.3) is 0 Å². The molecule has 7 nitrogen and oxygen atoms in total. The average Bonchev–Trinajstić information content (AvgIpc) is 2.81. The fourth-order valence-corrected chi connectivity index (χ4v) is 3.59. The standard InChI is InChI=1S/C12H20N4O3S2/c1-8-15-16-12(20-8)14-11(17)10-5-3-9(4-6-10)7-13-21(2,18)19/h9-10,13H,3-7H2,1-2H3,(H,14,16,17). The molecular weight excluding hydrogens is 312 g/mol. The Morgan fingerprint density at radius 2 is 1.95 bits per heavy atom. The summed E-state index contributed by atoms with van der Waals surface area (Å²) in [6, 6.07) is 0. The van der Waals surface area contributed by atoms with Crippen LogP contribution in [0.1, 0.15) is 30.7 Å². The maximum absolute atomic E-state index is 12.1. The number of carbonyl (C=O) groups is 1. The van der Waals surface area contributed by atoms with Crippen LogP contribution in [0.3, 0.4) is 0 Å². The highest BCUT2D eigenvalue weighted by Crippen LogP contribution is 2.29. The number of amides is 1. The van der Waals surface area contributed by atoms with Gasteiger partial charge in [0.05, 0.1) is 6.26 Å². The van der Waals surface area contributed by atoms with Gasteiger partial charge in [0, 0.05) is 12.5 Å². The molecule has 0 bridgehead atoms. The lowest BCUT2D eigenvalue weighted by molar-refractivity contribution is -0.121. The number of aryl methyl sites for hydroxylation is 1. The summed E-state index contributed by atoms with van der Waals surface area (Å²) in [5, 5.41) is 11.9. The van der Waals surface area contributed by atoms with Crippen molar-refractivity contribution in [3.05, 3.63) is 5.01 Å². The summed E-state index contributed by atoms with van der Waals surface area (Å²) in [4.78, 5) is 12.1. The molecule has 9 heteroatoms. The third-order valence-electron chi connectivity index (χ3n) is 3.61. The predicted molar refractivity (Wildman–Crippen MR) is 81.6 cm³/mol. The molecule has 0 spiro atoms. The van der Waals surface area contributed by atoms with E-state index in [1.807, 2.05) is 6.92 Å². The SMILES string of the molecule is Cc1nnc(NC(=O)C2CCC(CNS(C)(=O)=O)CC2)s1. The Morgan fingerprint density at radius 3 is 2.48 bits per heavy atom. The van der Waals surface area contributed by atoms with Crippen molar-refractivity contribution in [3.63, 3.8) is 0 Å². The van der Waals surface area contributed by atoms with Crippen LogP contribution in [0.15, 0.2) is 0 Å². The van der Waals surface area contributed by atoms with Gasteiger partial charge in [0.15, 0.2) is 0 Å². The van der Waals surface area contributed by atoms with Crippen molar-refractivity contribution >= 4 is 32.4 Å². The van der Waals surface area contributed by atoms with Crippen LogP contribution >= 0.6 is 11.3 Å². The molecule has 1 aromatic heterocycles. The van der Waals surface area contributed by atoms with E-state index in [9.17, 15) is 13.2 Å². The van der Waals surface area contributed by atoms with Crippen LogP contribution in [0, 0.1) is 18.8 Å². The molecule has 1 amide bonds. The third kappa shape index (κ3) is 5.33. The minimum Gasteiger partial charge on any atom is -0.300 e. The van der Waals surface area contributed by atoms with Gasteiger partial charge in [-0.05, 0) is 38.5 Å². The molecule has 2 N–H and O–H groups in total. The highest BCUT2D eigenvalue weighted by Gasteiger charge is 2.27. The van der Waals surface area contributed by atoms with E-state index in [1.165, 1.54) is 11.3 Å². The lowest BCUT2D eigenvalue weighted by atomic mass is 9.81. The number of rotatable bonds is 5. The summed E-state index contributed by atoms with van der Waals surface area (Å²) in [5.41, 5.74) is 0. The second-order valence-electron chi connectivity index (χ2n) is 5.45. The van der Waals surface area contributed by atoms with Gasteiger partial charge in [-0.2, -0.15) is 0 Å². The number of hydrogen-bond acceptors (Lipinski definition) is 6. The van der Waals surface area contributed by atoms with E-state index in [1.54, 1.807) is 0 Å². The second-order valence-corrected chi connectivity index (χ2v) is 8.47. The van der Waals surface area contributed by atoms with Crippen molar-refractivity contribution in [2.45, 2.75) is 32.6 Å². The monoisotopic (exact) mass is 332 g/mol. The number of anilines is 1. The van der Waals surface area contributed by atoms with E-state index < -0.39 is 10.0 Å². The molecule has 1 fully saturated rings. The molecule has 0 atom stereocenters. The molecular formula is C12H20N4O3S2. The van der Waals surface area contributed by atoms with Crippen molar-refractivity contribution in [1.29, 1.82) is 0 Å². The summed E-state index contributed by atoms with van der Waals surface area (Å²) >= 11 is 1.36. The lowest BCUT2D eigenvalue weighted by Crippen LogP contribution is -2.33. The highest BCUT2D eigenvalue weighted by molar-refractivity contribution is 7.88. The molecule has 0 aromatic carbocycles. The second kappa shape index (κ2) is 6.80. The lowest BCUT2D eigenvalue weighted by Gasteiger charge is -2.27. The number of hydrogen-bond donors (Lipinski definition) is 2. The van der Waals surface area contributed by atoms with Gasteiger partial charge in [0.2, 0.25) is 21.1 Å². The fraction of sp³-hybridized carbons (Fsp3) is 0.750. The largest absolute Gasteiger partial charge is 0.300 e. The third-order valence-corrected chi connectivity index (χ3v) is 5.05. The Morgan fingerprint density at radius 1 is 1.29 bits per heavy atom. The minimum absolute atomic E-state index is 0.0133. The molecule has 1 aliphatic carbocycles. The van der Waals surface area contributed by atoms with Crippen molar-refractivity contribution in [2.24, 2.45) is 11.8 Å². The minimum atomic E-state index is -3.13. The van der Waals surface area contributed by atoms with Gasteiger partial charge in [0.25, 0.3) is 0 Å². The van der Waals surface area contributed by atoms with Gasteiger partial charge < -0.3 is 5.32 Å². The molecule has 0 aliphatic heterocycles. The summed E-state index contributed by atoms with van der Waals surface area (Å²) in [6.45, 7) is 2.30. The summed E-state index contributed by atoms with van der Waals surface area (Å²) in [5.74, 6) is 0.275. The maximum Gasteiger partial charge on any atom is 0.229 e. The number of sulfonamides is 1. The Labute approximate surface area is 128 Å². The fourth-order valence-electron chi connectivity index (χ4n) is 2.45. The normalized spacial score (nSPS) is 23.0. The van der Waals surface area contributed by atoms with E-state index in [4.69, 9.17) is 0 Å². The number of carbonyl (C=O) groups excluding carboxylic acids is 1. The number of nitrogens with one attached hydrogen (secondary N) is 2. The van der Waals surface area contributed by atoms with Crippen LogP contribution in [-0.4, -0.2) is 37.3 Å². The number of nitrogens with zero attached hydrogens (tertiary/aromatic N) is 2. The molecule has 1 heterocycles. The first kappa shape index (κ1) is 16.3. The van der Waals surface area contributed by atoms with Crippen LogP contribution in [0.4, 0.5) is 5.13 Å². The molecule has 0 radical (unpaired) electrons. The first-order chi connectivity index (χ1) is 9.83. The van der Waals surface area contributed by atoms with Crippen LogP contribution in [-0.2, 0) is 14.8 Å².